The number of alkyl halides is 3. The highest BCUT2D eigenvalue weighted by atomic mass is 32.1. The van der Waals surface area contributed by atoms with Gasteiger partial charge >= 0.3 is 6.18 Å². The third-order valence-corrected chi connectivity index (χ3v) is 2.47. The summed E-state index contributed by atoms with van der Waals surface area (Å²) in [6.45, 7) is 0. The number of nitrogens with zero attached hydrogens (tertiary/aromatic N) is 1. The summed E-state index contributed by atoms with van der Waals surface area (Å²) in [5.41, 5.74) is -1.94. The summed E-state index contributed by atoms with van der Waals surface area (Å²) in [6.07, 6.45) is -4.69. The minimum absolute atomic E-state index is 0.381. The Kier molecular flexibility index (Phi) is 3.36. The van der Waals surface area contributed by atoms with E-state index < -0.39 is 28.3 Å². The maximum atomic E-state index is 13.5. The second-order valence-corrected chi connectivity index (χ2v) is 3.97. The number of aromatic nitrogens is 2. The lowest BCUT2D eigenvalue weighted by atomic mass is 10.1. The minimum Gasteiger partial charge on any atom is -0.327 e. The van der Waals surface area contributed by atoms with Crippen molar-refractivity contribution in [3.05, 3.63) is 46.4 Å². The molecule has 2 nitrogen and oxygen atoms in total. The minimum atomic E-state index is -4.69. The van der Waals surface area contributed by atoms with Crippen LogP contribution in [0, 0.1) is 16.4 Å². The highest BCUT2D eigenvalue weighted by Gasteiger charge is 2.32. The van der Waals surface area contributed by atoms with Crippen molar-refractivity contribution >= 4 is 12.2 Å². The molecule has 0 unspecified atom stereocenters. The maximum absolute atomic E-state index is 13.5. The first-order chi connectivity index (χ1) is 8.79. The first kappa shape index (κ1) is 13.6. The Morgan fingerprint density at radius 2 is 1.84 bits per heavy atom. The Labute approximate surface area is 108 Å². The van der Waals surface area contributed by atoms with Gasteiger partial charge in [-0.05, 0) is 30.4 Å². The van der Waals surface area contributed by atoms with E-state index in [1.165, 1.54) is 6.07 Å². The zero-order chi connectivity index (χ0) is 14.2. The van der Waals surface area contributed by atoms with Crippen molar-refractivity contribution in [3.63, 3.8) is 0 Å². The number of benzene rings is 1. The van der Waals surface area contributed by atoms with Crippen molar-refractivity contribution < 1.29 is 22.0 Å². The van der Waals surface area contributed by atoms with Crippen LogP contribution >= 0.6 is 12.2 Å². The standard InChI is InChI=1S/C11H5F5N2S/c12-6-3-1-2-5(9(6)13)7-4-8(11(14,15)16)18-10(19)17-7/h1-4H,(H,17,18,19). The van der Waals surface area contributed by atoms with Gasteiger partial charge in [0.1, 0.15) is 5.69 Å². The first-order valence-corrected chi connectivity index (χ1v) is 5.33. The number of H-pyrrole nitrogens is 1. The molecule has 0 saturated carbocycles. The van der Waals surface area contributed by atoms with Gasteiger partial charge in [-0.25, -0.2) is 13.8 Å². The molecule has 0 atom stereocenters. The summed E-state index contributed by atoms with van der Waals surface area (Å²) in [5.74, 6) is -2.45. The van der Waals surface area contributed by atoms with Crippen LogP contribution in [-0.4, -0.2) is 9.97 Å². The van der Waals surface area contributed by atoms with Crippen LogP contribution in [0.15, 0.2) is 24.3 Å². The summed E-state index contributed by atoms with van der Waals surface area (Å²) < 4.78 is 63.8. The van der Waals surface area contributed by atoms with Crippen molar-refractivity contribution in [3.8, 4) is 11.3 Å². The maximum Gasteiger partial charge on any atom is 0.431 e. The predicted octanol–water partition coefficient (Wildman–Crippen LogP) is 4.10. The number of halogens is 5. The van der Waals surface area contributed by atoms with E-state index in [0.717, 1.165) is 12.1 Å². The van der Waals surface area contributed by atoms with Crippen LogP contribution in [0.1, 0.15) is 5.69 Å². The van der Waals surface area contributed by atoms with Crippen LogP contribution in [-0.2, 0) is 6.18 Å². The molecule has 1 aromatic carbocycles. The zero-order valence-corrected chi connectivity index (χ0v) is 9.87. The third-order valence-electron chi connectivity index (χ3n) is 2.28. The molecule has 1 N–H and O–H groups in total. The molecule has 8 heteroatoms. The van der Waals surface area contributed by atoms with Crippen molar-refractivity contribution in [2.24, 2.45) is 0 Å². The summed E-state index contributed by atoms with van der Waals surface area (Å²) in [5, 5.41) is 0. The fraction of sp³-hybridized carbons (Fsp3) is 0.0909. The second-order valence-electron chi connectivity index (χ2n) is 3.58. The number of hydrogen-bond acceptors (Lipinski definition) is 2. The number of aromatic amines is 1. The summed E-state index contributed by atoms with van der Waals surface area (Å²) >= 11 is 4.55. The quantitative estimate of drug-likeness (QED) is 0.633. The fourth-order valence-electron chi connectivity index (χ4n) is 1.45. The molecular weight excluding hydrogens is 287 g/mol. The van der Waals surface area contributed by atoms with E-state index in [2.05, 4.69) is 17.2 Å². The molecule has 0 fully saturated rings. The Morgan fingerprint density at radius 1 is 1.16 bits per heavy atom. The Morgan fingerprint density at radius 3 is 2.47 bits per heavy atom. The van der Waals surface area contributed by atoms with Gasteiger partial charge in [-0.2, -0.15) is 13.2 Å². The molecule has 100 valence electrons. The zero-order valence-electron chi connectivity index (χ0n) is 9.05. The van der Waals surface area contributed by atoms with Crippen LogP contribution < -0.4 is 0 Å². The van der Waals surface area contributed by atoms with Crippen LogP contribution in [0.25, 0.3) is 11.3 Å². The van der Waals surface area contributed by atoms with Crippen molar-refractivity contribution in [1.82, 2.24) is 9.97 Å². The average molecular weight is 292 g/mol. The van der Waals surface area contributed by atoms with Crippen LogP contribution in [0.3, 0.4) is 0 Å². The largest absolute Gasteiger partial charge is 0.431 e. The molecule has 2 rings (SSSR count). The van der Waals surface area contributed by atoms with Gasteiger partial charge in [0.05, 0.1) is 5.69 Å². The SMILES string of the molecule is Fc1cccc(-c2cc(C(F)(F)F)[nH]c(=S)n2)c1F. The molecule has 19 heavy (non-hydrogen) atoms. The first-order valence-electron chi connectivity index (χ1n) is 4.92. The van der Waals surface area contributed by atoms with Gasteiger partial charge in [-0.1, -0.05) is 6.07 Å². The highest BCUT2D eigenvalue weighted by Crippen LogP contribution is 2.30. The van der Waals surface area contributed by atoms with E-state index in [1.807, 2.05) is 4.98 Å². The van der Waals surface area contributed by atoms with E-state index in [1.54, 1.807) is 0 Å². The summed E-state index contributed by atoms with van der Waals surface area (Å²) in [7, 11) is 0. The molecule has 0 aliphatic heterocycles. The van der Waals surface area contributed by atoms with Crippen molar-refractivity contribution in [2.45, 2.75) is 6.18 Å². The highest BCUT2D eigenvalue weighted by molar-refractivity contribution is 7.71. The molecule has 0 spiro atoms. The van der Waals surface area contributed by atoms with Crippen LogP contribution in [0.4, 0.5) is 22.0 Å². The Bertz CT molecular complexity index is 678. The average Bonchev–Trinajstić information content (AvgIpc) is 2.31. The molecule has 1 heterocycles. The number of nitrogens with one attached hydrogen (secondary N) is 1. The molecule has 0 bridgehead atoms. The Hall–Kier alpha value is -1.83. The Balaban J connectivity index is 2.67. The monoisotopic (exact) mass is 292 g/mol. The van der Waals surface area contributed by atoms with Gasteiger partial charge < -0.3 is 4.98 Å². The van der Waals surface area contributed by atoms with Gasteiger partial charge in [0.15, 0.2) is 16.4 Å². The molecule has 0 radical (unpaired) electrons. The molecule has 0 aliphatic carbocycles. The van der Waals surface area contributed by atoms with Crippen molar-refractivity contribution in [1.29, 1.82) is 0 Å². The second kappa shape index (κ2) is 4.69. The van der Waals surface area contributed by atoms with Gasteiger partial charge in [-0.3, -0.25) is 0 Å². The molecule has 0 aliphatic rings. The van der Waals surface area contributed by atoms with Gasteiger partial charge in [0.2, 0.25) is 0 Å². The van der Waals surface area contributed by atoms with E-state index >= 15 is 0 Å². The van der Waals surface area contributed by atoms with E-state index in [-0.39, 0.29) is 11.3 Å². The summed E-state index contributed by atoms with van der Waals surface area (Å²) in [6, 6.07) is 3.72. The van der Waals surface area contributed by atoms with Crippen LogP contribution in [0.5, 0.6) is 0 Å². The molecule has 0 saturated heterocycles. The normalized spacial score (nSPS) is 11.6. The van der Waals surface area contributed by atoms with Crippen LogP contribution in [0.2, 0.25) is 0 Å². The van der Waals surface area contributed by atoms with E-state index in [4.69, 9.17) is 0 Å². The lowest BCUT2D eigenvalue weighted by Crippen LogP contribution is -2.09. The van der Waals surface area contributed by atoms with Gasteiger partial charge in [0.25, 0.3) is 0 Å². The van der Waals surface area contributed by atoms with Gasteiger partial charge in [-0.15, -0.1) is 0 Å². The molecular formula is C11H5F5N2S. The fourth-order valence-corrected chi connectivity index (χ4v) is 1.66. The topological polar surface area (TPSA) is 28.7 Å². The van der Waals surface area contributed by atoms with E-state index in [0.29, 0.717) is 6.07 Å². The summed E-state index contributed by atoms with van der Waals surface area (Å²) in [4.78, 5) is 5.43. The number of rotatable bonds is 1. The van der Waals surface area contributed by atoms with Gasteiger partial charge in [0, 0.05) is 5.56 Å². The molecule has 0 amide bonds. The van der Waals surface area contributed by atoms with Crippen molar-refractivity contribution in [2.75, 3.05) is 0 Å². The molecule has 2 aromatic rings. The lowest BCUT2D eigenvalue weighted by molar-refractivity contribution is -0.141. The van der Waals surface area contributed by atoms with E-state index in [9.17, 15) is 22.0 Å². The number of hydrogen-bond donors (Lipinski definition) is 1. The smallest absolute Gasteiger partial charge is 0.327 e. The third kappa shape index (κ3) is 2.78. The molecule has 1 aromatic heterocycles. The predicted molar refractivity (Wildman–Crippen MR) is 59.8 cm³/mol. The lowest BCUT2D eigenvalue weighted by Gasteiger charge is -2.09.